The van der Waals surface area contributed by atoms with Crippen molar-refractivity contribution in [1.82, 2.24) is 14.7 Å². The van der Waals surface area contributed by atoms with Crippen LogP contribution in [0, 0.1) is 17.6 Å². The number of nitrogens with zero attached hydrogens (tertiary/aromatic N) is 3. The summed E-state index contributed by atoms with van der Waals surface area (Å²) in [4.78, 5) is 19.6. The predicted octanol–water partition coefficient (Wildman–Crippen LogP) is 6.26. The molecule has 3 aromatic rings. The molecule has 44 heavy (non-hydrogen) atoms. The summed E-state index contributed by atoms with van der Waals surface area (Å²) in [6.45, 7) is 7.44. The van der Waals surface area contributed by atoms with Crippen molar-refractivity contribution in [3.8, 4) is 16.9 Å². The number of halogens is 4. The molecule has 3 aromatic carbocycles. The third-order valence-electron chi connectivity index (χ3n) is 8.90. The van der Waals surface area contributed by atoms with Crippen LogP contribution in [0.2, 0.25) is 10.0 Å². The van der Waals surface area contributed by atoms with Crippen LogP contribution in [0.3, 0.4) is 0 Å². The average molecular weight is 646 g/mol. The number of nitrogens with two attached hydrogens (primary N) is 1. The van der Waals surface area contributed by atoms with Crippen molar-refractivity contribution in [2.24, 2.45) is 11.7 Å². The third kappa shape index (κ3) is 7.54. The van der Waals surface area contributed by atoms with E-state index in [9.17, 15) is 9.18 Å². The molecule has 0 aliphatic carbocycles. The molecule has 6 nitrogen and oxygen atoms in total. The maximum Gasteiger partial charge on any atom is 0.239 e. The molecule has 5 rings (SSSR count). The Hall–Kier alpha value is -2.75. The molecule has 2 fully saturated rings. The highest BCUT2D eigenvalue weighted by atomic mass is 35.5. The summed E-state index contributed by atoms with van der Waals surface area (Å²) >= 11 is 12.6. The molecular weight excluding hydrogens is 605 g/mol. The lowest BCUT2D eigenvalue weighted by atomic mass is 9.88. The number of carbonyl (C=O) groups is 1. The molecule has 2 aliphatic rings. The minimum atomic E-state index is -0.558. The van der Waals surface area contributed by atoms with Crippen molar-refractivity contribution < 1.29 is 18.3 Å². The molecule has 0 unspecified atom stereocenters. The summed E-state index contributed by atoms with van der Waals surface area (Å²) in [6, 6.07) is 15.2. The van der Waals surface area contributed by atoms with Crippen LogP contribution < -0.4 is 10.5 Å². The number of rotatable bonds is 10. The Balaban J connectivity index is 1.11. The molecule has 1 atom stereocenters. The molecular formula is C34H40Cl2F2N4O2. The Bertz CT molecular complexity index is 1440. The maximum absolute atomic E-state index is 15.2. The van der Waals surface area contributed by atoms with Gasteiger partial charge in [0.05, 0.1) is 17.7 Å². The van der Waals surface area contributed by atoms with Gasteiger partial charge in [0.25, 0.3) is 0 Å². The maximum atomic E-state index is 15.2. The largest absolute Gasteiger partial charge is 0.493 e. The fourth-order valence-electron chi connectivity index (χ4n) is 6.32. The Labute approximate surface area is 268 Å². The molecule has 236 valence electrons. The Morgan fingerprint density at radius 2 is 1.61 bits per heavy atom. The number of carbonyl (C=O) groups excluding carboxylic acids is 1. The van der Waals surface area contributed by atoms with Crippen molar-refractivity contribution in [3.63, 3.8) is 0 Å². The fourth-order valence-corrected chi connectivity index (χ4v) is 6.73. The highest BCUT2D eigenvalue weighted by Crippen LogP contribution is 2.35. The zero-order chi connectivity index (χ0) is 31.2. The molecule has 0 aromatic heterocycles. The number of piperazine rings is 1. The summed E-state index contributed by atoms with van der Waals surface area (Å²) in [6.07, 6.45) is 2.09. The summed E-state index contributed by atoms with van der Waals surface area (Å²) in [5.74, 6) is -0.0464. The highest BCUT2D eigenvalue weighted by molar-refractivity contribution is 6.33. The Kier molecular flexibility index (Phi) is 11.1. The predicted molar refractivity (Wildman–Crippen MR) is 172 cm³/mol. The van der Waals surface area contributed by atoms with Gasteiger partial charge in [0, 0.05) is 55.4 Å². The molecule has 0 spiro atoms. The van der Waals surface area contributed by atoms with Crippen LogP contribution in [0.1, 0.15) is 30.9 Å². The van der Waals surface area contributed by atoms with E-state index in [0.717, 1.165) is 37.1 Å². The lowest BCUT2D eigenvalue weighted by Gasteiger charge is -2.39. The van der Waals surface area contributed by atoms with Gasteiger partial charge in [-0.25, -0.2) is 8.78 Å². The fraction of sp³-hybridized carbons (Fsp3) is 0.441. The van der Waals surface area contributed by atoms with Gasteiger partial charge in [0.2, 0.25) is 5.91 Å². The van der Waals surface area contributed by atoms with E-state index in [1.54, 1.807) is 24.3 Å². The first-order chi connectivity index (χ1) is 21.3. The van der Waals surface area contributed by atoms with E-state index in [2.05, 4.69) is 9.80 Å². The lowest BCUT2D eigenvalue weighted by molar-refractivity contribution is -0.136. The first kappa shape index (κ1) is 32.6. The Morgan fingerprint density at radius 1 is 0.886 bits per heavy atom. The third-order valence-corrected chi connectivity index (χ3v) is 9.53. The van der Waals surface area contributed by atoms with Gasteiger partial charge in [-0.15, -0.1) is 0 Å². The van der Waals surface area contributed by atoms with E-state index >= 15 is 4.39 Å². The monoisotopic (exact) mass is 644 g/mol. The van der Waals surface area contributed by atoms with Crippen molar-refractivity contribution in [2.75, 3.05) is 52.4 Å². The SMILES string of the molecule is CCOc1cccc(F)c1CN1CCN(C(=O)[C@H](N)C2CCN(CCc3c(-c4ccccc4Cl)ccc(Cl)c3F)CC2)CC1. The smallest absolute Gasteiger partial charge is 0.239 e. The topological polar surface area (TPSA) is 62.0 Å². The van der Waals surface area contributed by atoms with Crippen LogP contribution in [0.5, 0.6) is 5.75 Å². The summed E-state index contributed by atoms with van der Waals surface area (Å²) in [5.41, 5.74) is 9.18. The molecule has 0 radical (unpaired) electrons. The van der Waals surface area contributed by atoms with E-state index in [1.165, 1.54) is 6.07 Å². The minimum absolute atomic E-state index is 0.0191. The molecule has 2 N–H and O–H groups in total. The molecule has 1 amide bonds. The molecule has 2 aliphatic heterocycles. The van der Waals surface area contributed by atoms with Gasteiger partial charge < -0.3 is 20.3 Å². The van der Waals surface area contributed by atoms with E-state index in [0.29, 0.717) is 74.2 Å². The molecule has 10 heteroatoms. The van der Waals surface area contributed by atoms with Crippen LogP contribution in [0.4, 0.5) is 8.78 Å². The zero-order valence-corrected chi connectivity index (χ0v) is 26.6. The van der Waals surface area contributed by atoms with Gasteiger partial charge in [-0.3, -0.25) is 9.69 Å². The van der Waals surface area contributed by atoms with Crippen LogP contribution in [-0.4, -0.2) is 79.1 Å². The van der Waals surface area contributed by atoms with E-state index in [1.807, 2.05) is 36.1 Å². The molecule has 0 bridgehead atoms. The number of hydrogen-bond donors (Lipinski definition) is 1. The summed E-state index contributed by atoms with van der Waals surface area (Å²) in [7, 11) is 0. The van der Waals surface area contributed by atoms with Crippen molar-refractivity contribution in [3.05, 3.63) is 87.4 Å². The van der Waals surface area contributed by atoms with Crippen LogP contribution in [0.15, 0.2) is 54.6 Å². The Morgan fingerprint density at radius 3 is 2.32 bits per heavy atom. The normalized spacial score (nSPS) is 17.5. The zero-order valence-electron chi connectivity index (χ0n) is 25.1. The molecule has 0 saturated carbocycles. The second kappa shape index (κ2) is 15.0. The van der Waals surface area contributed by atoms with E-state index in [4.69, 9.17) is 33.7 Å². The number of likely N-dealkylation sites (tertiary alicyclic amines) is 1. The second-order valence-electron chi connectivity index (χ2n) is 11.6. The summed E-state index contributed by atoms with van der Waals surface area (Å²) in [5, 5.41) is 0.666. The van der Waals surface area contributed by atoms with Crippen molar-refractivity contribution in [1.29, 1.82) is 0 Å². The quantitative estimate of drug-likeness (QED) is 0.282. The van der Waals surface area contributed by atoms with Crippen molar-refractivity contribution in [2.45, 2.75) is 38.8 Å². The van der Waals surface area contributed by atoms with Crippen molar-refractivity contribution >= 4 is 29.1 Å². The van der Waals surface area contributed by atoms with E-state index in [-0.39, 0.29) is 22.7 Å². The number of ether oxygens (including phenoxy) is 1. The number of piperidine rings is 1. The van der Waals surface area contributed by atoms with Gasteiger partial charge >= 0.3 is 0 Å². The summed E-state index contributed by atoms with van der Waals surface area (Å²) < 4.78 is 35.3. The average Bonchev–Trinajstić information content (AvgIpc) is 3.04. The van der Waals surface area contributed by atoms with E-state index < -0.39 is 11.9 Å². The van der Waals surface area contributed by atoms with Gasteiger partial charge in [-0.1, -0.05) is 53.5 Å². The lowest BCUT2D eigenvalue weighted by Crippen LogP contribution is -2.55. The van der Waals surface area contributed by atoms with Gasteiger partial charge in [0.15, 0.2) is 0 Å². The minimum Gasteiger partial charge on any atom is -0.493 e. The van der Waals surface area contributed by atoms with Crippen LogP contribution in [0.25, 0.3) is 11.1 Å². The van der Waals surface area contributed by atoms with Gasteiger partial charge in [0.1, 0.15) is 17.4 Å². The highest BCUT2D eigenvalue weighted by Gasteiger charge is 2.33. The molecule has 2 saturated heterocycles. The molecule has 2 heterocycles. The number of hydrogen-bond acceptors (Lipinski definition) is 5. The number of amides is 1. The number of benzene rings is 3. The van der Waals surface area contributed by atoms with Crippen LogP contribution >= 0.6 is 23.2 Å². The van der Waals surface area contributed by atoms with Gasteiger partial charge in [-0.2, -0.15) is 0 Å². The standard InChI is InChI=1S/C34H40Cl2F2N4O2/c1-2-44-31-9-5-8-30(37)27(31)22-41-18-20-42(21-19-41)34(43)33(39)23-12-15-40(16-13-23)17-14-26-24(10-11-29(36)32(26)38)25-6-3-4-7-28(25)35/h3-11,23,33H,2,12-22,39H2,1H3/t33-/m1/s1. The first-order valence-corrected chi connectivity index (χ1v) is 16.1. The second-order valence-corrected chi connectivity index (χ2v) is 12.4. The van der Waals surface area contributed by atoms with Crippen LogP contribution in [-0.2, 0) is 17.8 Å². The first-order valence-electron chi connectivity index (χ1n) is 15.4. The van der Waals surface area contributed by atoms with Gasteiger partial charge in [-0.05, 0) is 80.6 Å².